The Morgan fingerprint density at radius 2 is 1.68 bits per heavy atom. The number of sulfone groups is 1. The molecule has 0 heterocycles. The summed E-state index contributed by atoms with van der Waals surface area (Å²) in [7, 11) is -6.93. The molecule has 0 saturated heterocycles. The van der Waals surface area contributed by atoms with E-state index >= 15 is 0 Å². The largest absolute Gasteiger partial charge is 0.229 e. The van der Waals surface area contributed by atoms with Crippen LogP contribution in [0.25, 0.3) is 0 Å². The predicted octanol–water partition coefficient (Wildman–Crippen LogP) is 1.09. The van der Waals surface area contributed by atoms with Crippen molar-refractivity contribution in [1.82, 2.24) is 4.72 Å². The van der Waals surface area contributed by atoms with E-state index in [9.17, 15) is 16.8 Å². The SMILES string of the molecule is CS(=O)(=O)CCS(=O)(=O)NC(CBr)c1ccccc1. The lowest BCUT2D eigenvalue weighted by atomic mass is 10.1. The van der Waals surface area contributed by atoms with Gasteiger partial charge in [-0.25, -0.2) is 21.6 Å². The lowest BCUT2D eigenvalue weighted by Gasteiger charge is -2.16. The maximum atomic E-state index is 11.8. The third-order valence-corrected chi connectivity index (χ3v) is 5.64. The Kier molecular flexibility index (Phi) is 5.97. The lowest BCUT2D eigenvalue weighted by molar-refractivity contribution is 0.567. The third-order valence-electron chi connectivity index (χ3n) is 2.40. The molecule has 1 atom stereocenters. The van der Waals surface area contributed by atoms with Gasteiger partial charge in [-0.2, -0.15) is 0 Å². The van der Waals surface area contributed by atoms with Crippen molar-refractivity contribution in [3.05, 3.63) is 35.9 Å². The van der Waals surface area contributed by atoms with Crippen LogP contribution in [0.4, 0.5) is 0 Å². The second-order valence-electron chi connectivity index (χ2n) is 4.18. The molecule has 0 aromatic heterocycles. The summed E-state index contributed by atoms with van der Waals surface area (Å²) in [5.74, 6) is -0.811. The number of hydrogen-bond acceptors (Lipinski definition) is 4. The standard InChI is InChI=1S/C11H16BrNO4S2/c1-18(14,15)7-8-19(16,17)13-11(9-12)10-5-3-2-4-6-10/h2-6,11,13H,7-9H2,1H3. The van der Waals surface area contributed by atoms with Gasteiger partial charge in [-0.05, 0) is 5.56 Å². The molecule has 0 saturated carbocycles. The molecular formula is C11H16BrNO4S2. The van der Waals surface area contributed by atoms with E-state index in [1.54, 1.807) is 0 Å². The molecule has 0 bridgehead atoms. The van der Waals surface area contributed by atoms with Crippen molar-refractivity contribution in [1.29, 1.82) is 0 Å². The Morgan fingerprint density at radius 1 is 1.11 bits per heavy atom. The summed E-state index contributed by atoms with van der Waals surface area (Å²) < 4.78 is 48.1. The summed E-state index contributed by atoms with van der Waals surface area (Å²) in [5, 5.41) is 0.412. The normalized spacial score (nSPS) is 14.2. The summed E-state index contributed by atoms with van der Waals surface area (Å²) in [6.07, 6.45) is 1.02. The molecule has 1 rings (SSSR count). The Balaban J connectivity index is 2.76. The number of benzene rings is 1. The molecule has 8 heteroatoms. The second-order valence-corrected chi connectivity index (χ2v) is 8.96. The van der Waals surface area contributed by atoms with Gasteiger partial charge in [0.15, 0.2) is 0 Å². The summed E-state index contributed by atoms with van der Waals surface area (Å²) in [6.45, 7) is 0. The van der Waals surface area contributed by atoms with Crippen LogP contribution >= 0.6 is 15.9 Å². The number of hydrogen-bond donors (Lipinski definition) is 1. The molecule has 0 spiro atoms. The Hall–Kier alpha value is -0.440. The van der Waals surface area contributed by atoms with Gasteiger partial charge in [0.25, 0.3) is 0 Å². The second kappa shape index (κ2) is 6.83. The molecule has 19 heavy (non-hydrogen) atoms. The zero-order valence-corrected chi connectivity index (χ0v) is 13.6. The fourth-order valence-electron chi connectivity index (χ4n) is 1.41. The highest BCUT2D eigenvalue weighted by atomic mass is 79.9. The molecule has 0 radical (unpaired) electrons. The topological polar surface area (TPSA) is 80.3 Å². The zero-order chi connectivity index (χ0) is 14.5. The van der Waals surface area contributed by atoms with Crippen molar-refractivity contribution in [2.24, 2.45) is 0 Å². The van der Waals surface area contributed by atoms with Crippen LogP contribution in [0.5, 0.6) is 0 Å². The van der Waals surface area contributed by atoms with Crippen molar-refractivity contribution in [2.75, 3.05) is 23.1 Å². The average Bonchev–Trinajstić information content (AvgIpc) is 2.34. The van der Waals surface area contributed by atoms with E-state index in [4.69, 9.17) is 0 Å². The van der Waals surface area contributed by atoms with Gasteiger partial charge in [0.1, 0.15) is 9.84 Å². The molecule has 1 unspecified atom stereocenters. The molecule has 0 aliphatic rings. The molecule has 0 aliphatic carbocycles. The highest BCUT2D eigenvalue weighted by molar-refractivity contribution is 9.09. The van der Waals surface area contributed by atoms with Gasteiger partial charge in [-0.1, -0.05) is 46.3 Å². The van der Waals surface area contributed by atoms with Crippen molar-refractivity contribution >= 4 is 35.8 Å². The molecular weight excluding hydrogens is 354 g/mol. The zero-order valence-electron chi connectivity index (χ0n) is 10.4. The number of nitrogens with one attached hydrogen (secondary N) is 1. The van der Waals surface area contributed by atoms with Crippen LogP contribution in [0.15, 0.2) is 30.3 Å². The van der Waals surface area contributed by atoms with Crippen molar-refractivity contribution in [3.63, 3.8) is 0 Å². The third kappa shape index (κ3) is 6.51. The molecule has 1 N–H and O–H groups in total. The lowest BCUT2D eigenvalue weighted by Crippen LogP contribution is -2.33. The highest BCUT2D eigenvalue weighted by Gasteiger charge is 2.20. The molecule has 5 nitrogen and oxygen atoms in total. The minimum atomic E-state index is -3.63. The maximum Gasteiger partial charge on any atom is 0.213 e. The van der Waals surface area contributed by atoms with Crippen LogP contribution in [0.2, 0.25) is 0 Å². The first kappa shape index (κ1) is 16.6. The first-order valence-corrected chi connectivity index (χ1v) is 10.4. The van der Waals surface area contributed by atoms with Crippen LogP contribution in [0.1, 0.15) is 11.6 Å². The van der Waals surface area contributed by atoms with E-state index in [0.717, 1.165) is 11.8 Å². The number of halogens is 1. The van der Waals surface area contributed by atoms with Gasteiger partial charge in [-0.3, -0.25) is 0 Å². The smallest absolute Gasteiger partial charge is 0.213 e. The van der Waals surface area contributed by atoms with Crippen molar-refractivity contribution < 1.29 is 16.8 Å². The molecule has 0 amide bonds. The molecule has 108 valence electrons. The molecule has 0 aliphatic heterocycles. The quantitative estimate of drug-likeness (QED) is 0.729. The fourth-order valence-corrected chi connectivity index (χ4v) is 5.02. The minimum Gasteiger partial charge on any atom is -0.229 e. The van der Waals surface area contributed by atoms with E-state index in [1.165, 1.54) is 0 Å². The first-order chi connectivity index (χ1) is 8.73. The average molecular weight is 370 g/mol. The van der Waals surface area contributed by atoms with Crippen molar-refractivity contribution in [2.45, 2.75) is 6.04 Å². The summed E-state index contributed by atoms with van der Waals surface area (Å²) in [6, 6.07) is 8.68. The number of alkyl halides is 1. The molecule has 1 aromatic rings. The van der Waals surface area contributed by atoms with Gasteiger partial charge in [-0.15, -0.1) is 0 Å². The van der Waals surface area contributed by atoms with Crippen LogP contribution in [-0.2, 0) is 19.9 Å². The van der Waals surface area contributed by atoms with Gasteiger partial charge in [0.2, 0.25) is 10.0 Å². The number of rotatable bonds is 7. The molecule has 0 fully saturated rings. The van der Waals surface area contributed by atoms with Crippen LogP contribution in [0, 0.1) is 0 Å². The summed E-state index contributed by atoms with van der Waals surface area (Å²) in [4.78, 5) is 0. The van der Waals surface area contributed by atoms with Gasteiger partial charge >= 0.3 is 0 Å². The van der Waals surface area contributed by atoms with Gasteiger partial charge in [0, 0.05) is 11.6 Å². The Bertz CT molecular complexity index is 599. The number of sulfonamides is 1. The Labute approximate surface area is 122 Å². The van der Waals surface area contributed by atoms with Crippen LogP contribution in [-0.4, -0.2) is 39.9 Å². The predicted molar refractivity (Wildman–Crippen MR) is 79.6 cm³/mol. The molecule has 1 aromatic carbocycles. The van der Waals surface area contributed by atoms with E-state index < -0.39 is 31.7 Å². The minimum absolute atomic E-state index is 0.383. The van der Waals surface area contributed by atoms with E-state index in [2.05, 4.69) is 20.7 Å². The first-order valence-electron chi connectivity index (χ1n) is 5.52. The van der Waals surface area contributed by atoms with E-state index in [0.29, 0.717) is 5.33 Å². The van der Waals surface area contributed by atoms with E-state index in [-0.39, 0.29) is 5.75 Å². The highest BCUT2D eigenvalue weighted by Crippen LogP contribution is 2.16. The van der Waals surface area contributed by atoms with Crippen molar-refractivity contribution in [3.8, 4) is 0 Å². The van der Waals surface area contributed by atoms with Gasteiger partial charge in [0.05, 0.1) is 17.5 Å². The van der Waals surface area contributed by atoms with Gasteiger partial charge < -0.3 is 0 Å². The summed E-state index contributed by atoms with van der Waals surface area (Å²) >= 11 is 3.25. The summed E-state index contributed by atoms with van der Waals surface area (Å²) in [5.41, 5.74) is 0.822. The Morgan fingerprint density at radius 3 is 2.16 bits per heavy atom. The van der Waals surface area contributed by atoms with E-state index in [1.807, 2.05) is 30.3 Å². The van der Waals surface area contributed by atoms with Crippen LogP contribution < -0.4 is 4.72 Å². The maximum absolute atomic E-state index is 11.8. The monoisotopic (exact) mass is 369 g/mol. The fraction of sp³-hybridized carbons (Fsp3) is 0.455. The van der Waals surface area contributed by atoms with Crippen LogP contribution in [0.3, 0.4) is 0 Å².